The second-order valence-corrected chi connectivity index (χ2v) is 10.8. The Hall–Kier alpha value is -3.21. The Morgan fingerprint density at radius 1 is 1.11 bits per heavy atom. The quantitative estimate of drug-likeness (QED) is 0.205. The van der Waals surface area contributed by atoms with Gasteiger partial charge in [0.1, 0.15) is 30.2 Å². The number of fused-ring (bicyclic) bond motifs is 1. The van der Waals surface area contributed by atoms with Gasteiger partial charge in [-0.15, -0.1) is 0 Å². The maximum Gasteiger partial charge on any atom is 0.294 e. The summed E-state index contributed by atoms with van der Waals surface area (Å²) in [5.41, 5.74) is 0.902. The number of imidazole rings is 1. The van der Waals surface area contributed by atoms with E-state index in [1.165, 1.54) is 23.0 Å². The van der Waals surface area contributed by atoms with Gasteiger partial charge in [-0.3, -0.25) is 13.9 Å². The molecule has 1 aromatic carbocycles. The molecule has 204 valence electrons. The lowest BCUT2D eigenvalue weighted by molar-refractivity contribution is -0.0508. The molecule has 1 aliphatic heterocycles. The molecule has 5 rings (SSSR count). The predicted octanol–water partition coefficient (Wildman–Crippen LogP) is -0.0310. The highest BCUT2D eigenvalue weighted by Crippen LogP contribution is 2.34. The van der Waals surface area contributed by atoms with E-state index in [-0.39, 0.29) is 34.5 Å². The maximum absolute atomic E-state index is 12.6. The van der Waals surface area contributed by atoms with Crippen molar-refractivity contribution in [3.05, 3.63) is 42.0 Å². The Morgan fingerprint density at radius 3 is 2.45 bits per heavy atom. The van der Waals surface area contributed by atoms with E-state index < -0.39 is 47.2 Å². The van der Waals surface area contributed by atoms with Crippen LogP contribution in [-0.4, -0.2) is 84.7 Å². The van der Waals surface area contributed by atoms with Crippen LogP contribution in [0.2, 0.25) is 0 Å². The minimum atomic E-state index is -4.37. The zero-order chi connectivity index (χ0) is 27.0. The van der Waals surface area contributed by atoms with Crippen LogP contribution < -0.4 is 10.6 Å². The van der Waals surface area contributed by atoms with Crippen LogP contribution in [0.3, 0.4) is 0 Å². The number of hydrogen-bond donors (Lipinski definition) is 6. The number of carbonyl (C=O) groups excluding carboxylic acids is 1. The minimum Gasteiger partial charge on any atom is -0.394 e. The van der Waals surface area contributed by atoms with Crippen molar-refractivity contribution in [2.24, 2.45) is 0 Å². The van der Waals surface area contributed by atoms with Gasteiger partial charge >= 0.3 is 0 Å². The van der Waals surface area contributed by atoms with Crippen molar-refractivity contribution in [3.63, 3.8) is 0 Å². The number of aromatic nitrogens is 4. The number of hydrogen-bond acceptors (Lipinski definition) is 11. The van der Waals surface area contributed by atoms with E-state index in [0.717, 1.165) is 37.8 Å². The number of benzene rings is 1. The zero-order valence-electron chi connectivity index (χ0n) is 20.1. The first kappa shape index (κ1) is 26.4. The molecule has 14 nitrogen and oxygen atoms in total. The summed E-state index contributed by atoms with van der Waals surface area (Å²) in [6.45, 7) is -0.525. The lowest BCUT2D eigenvalue weighted by Crippen LogP contribution is -2.33. The minimum absolute atomic E-state index is 0.0606. The number of anilines is 1. The number of rotatable bonds is 8. The summed E-state index contributed by atoms with van der Waals surface area (Å²) in [5.74, 6) is 0.184. The lowest BCUT2D eigenvalue weighted by atomic mass is 10.1. The van der Waals surface area contributed by atoms with Gasteiger partial charge in [0.15, 0.2) is 23.5 Å². The van der Waals surface area contributed by atoms with Crippen molar-refractivity contribution in [1.29, 1.82) is 0 Å². The third kappa shape index (κ3) is 5.21. The van der Waals surface area contributed by atoms with Gasteiger partial charge < -0.3 is 30.7 Å². The molecule has 4 atom stereocenters. The van der Waals surface area contributed by atoms with Crippen LogP contribution >= 0.6 is 0 Å². The van der Waals surface area contributed by atoms with E-state index in [2.05, 4.69) is 25.6 Å². The Kier molecular flexibility index (Phi) is 7.30. The molecule has 2 fully saturated rings. The molecule has 3 heterocycles. The predicted molar refractivity (Wildman–Crippen MR) is 132 cm³/mol. The molecule has 15 heteroatoms. The number of carbonyl (C=O) groups is 1. The molecule has 1 aliphatic carbocycles. The van der Waals surface area contributed by atoms with Crippen molar-refractivity contribution < 1.29 is 37.8 Å². The summed E-state index contributed by atoms with van der Waals surface area (Å²) in [7, 11) is -4.37. The molecule has 1 saturated heterocycles. The molecule has 0 unspecified atom stereocenters. The molecule has 1 amide bonds. The highest BCUT2D eigenvalue weighted by atomic mass is 32.2. The fourth-order valence-corrected chi connectivity index (χ4v) is 5.26. The fourth-order valence-electron chi connectivity index (χ4n) is 4.78. The summed E-state index contributed by atoms with van der Waals surface area (Å²) in [5, 5.41) is 36.3. The number of amides is 1. The van der Waals surface area contributed by atoms with E-state index in [9.17, 15) is 28.5 Å². The number of aliphatic hydroxyl groups is 3. The van der Waals surface area contributed by atoms with Gasteiger partial charge in [0.2, 0.25) is 0 Å². The summed E-state index contributed by atoms with van der Waals surface area (Å²) in [6, 6.07) is 4.96. The smallest absolute Gasteiger partial charge is 0.294 e. The molecule has 3 aromatic rings. The van der Waals surface area contributed by atoms with E-state index in [1.54, 1.807) is 0 Å². The van der Waals surface area contributed by atoms with Crippen LogP contribution in [0.5, 0.6) is 0 Å². The van der Waals surface area contributed by atoms with Crippen LogP contribution in [0.1, 0.15) is 48.1 Å². The molecule has 2 aliphatic rings. The largest absolute Gasteiger partial charge is 0.394 e. The molecule has 2 aromatic heterocycles. The average Bonchev–Trinajstić information content (AvgIpc) is 3.62. The van der Waals surface area contributed by atoms with Crippen molar-refractivity contribution in [2.75, 3.05) is 11.9 Å². The second kappa shape index (κ2) is 10.5. The Morgan fingerprint density at radius 2 is 1.82 bits per heavy atom. The topological polar surface area (TPSA) is 209 Å². The first-order valence-electron chi connectivity index (χ1n) is 12.1. The molecule has 6 N–H and O–H groups in total. The first-order valence-corrected chi connectivity index (χ1v) is 13.6. The van der Waals surface area contributed by atoms with Gasteiger partial charge in [-0.2, -0.15) is 8.42 Å². The molecule has 1 saturated carbocycles. The normalized spacial score (nSPS) is 24.2. The maximum atomic E-state index is 12.6. The molecule has 0 radical (unpaired) electrons. The van der Waals surface area contributed by atoms with E-state index in [1.807, 2.05) is 0 Å². The Bertz CT molecular complexity index is 1420. The summed E-state index contributed by atoms with van der Waals surface area (Å²) < 4.78 is 38.7. The standard InChI is InChI=1S/C23H28N6O8S/c30-10-15-18(31)19(32)23(37-15)29-11-25-20-17(29)21(26-13-3-1-2-4-13)28-16(27-20)9-24-22(33)12-5-7-14(8-6-12)38(34,35)36/h5-8,11,13,15,18-19,23,30-32H,1-4,9-10H2,(H,24,33)(H,26,27,28)(H,34,35,36)/t15-,18+,19-,23-/m1/s1. The highest BCUT2D eigenvalue weighted by molar-refractivity contribution is 7.85. The third-order valence-electron chi connectivity index (χ3n) is 6.78. The SMILES string of the molecule is O=C(NCc1nc(NC2CCCC2)c2c(ncn2[C@@H]2O[C@H](CO)[C@H](O)[C@H]2O)n1)c1ccc(S(=O)(=O)O)cc1. The number of nitrogens with zero attached hydrogens (tertiary/aromatic N) is 4. The monoisotopic (exact) mass is 548 g/mol. The highest BCUT2D eigenvalue weighted by Gasteiger charge is 2.44. The molecule has 0 bridgehead atoms. The Labute approximate surface area is 217 Å². The van der Waals surface area contributed by atoms with Crippen LogP contribution in [0, 0.1) is 0 Å². The van der Waals surface area contributed by atoms with Crippen LogP contribution in [0.25, 0.3) is 11.2 Å². The Balaban J connectivity index is 1.41. The average molecular weight is 549 g/mol. The number of nitrogens with one attached hydrogen (secondary N) is 2. The second-order valence-electron chi connectivity index (χ2n) is 9.35. The van der Waals surface area contributed by atoms with Crippen LogP contribution in [0.15, 0.2) is 35.5 Å². The van der Waals surface area contributed by atoms with Crippen molar-refractivity contribution in [3.8, 4) is 0 Å². The zero-order valence-corrected chi connectivity index (χ0v) is 21.0. The van der Waals surface area contributed by atoms with Gasteiger partial charge in [-0.1, -0.05) is 12.8 Å². The van der Waals surface area contributed by atoms with E-state index in [0.29, 0.717) is 11.3 Å². The molecular weight excluding hydrogens is 520 g/mol. The summed E-state index contributed by atoms with van der Waals surface area (Å²) in [6.07, 6.45) is 0.873. The first-order chi connectivity index (χ1) is 18.2. The van der Waals surface area contributed by atoms with Gasteiger partial charge in [0.05, 0.1) is 18.0 Å². The molecule has 38 heavy (non-hydrogen) atoms. The van der Waals surface area contributed by atoms with E-state index >= 15 is 0 Å². The van der Waals surface area contributed by atoms with Gasteiger partial charge in [-0.05, 0) is 37.1 Å². The third-order valence-corrected chi connectivity index (χ3v) is 7.65. The van der Waals surface area contributed by atoms with Crippen LogP contribution in [0.4, 0.5) is 5.82 Å². The molecule has 0 spiro atoms. The van der Waals surface area contributed by atoms with Gasteiger partial charge in [0, 0.05) is 11.6 Å². The van der Waals surface area contributed by atoms with Crippen molar-refractivity contribution in [1.82, 2.24) is 24.8 Å². The van der Waals surface area contributed by atoms with Gasteiger partial charge in [0.25, 0.3) is 16.0 Å². The lowest BCUT2D eigenvalue weighted by Gasteiger charge is -2.20. The van der Waals surface area contributed by atoms with E-state index in [4.69, 9.17) is 9.29 Å². The van der Waals surface area contributed by atoms with Gasteiger partial charge in [-0.25, -0.2) is 15.0 Å². The van der Waals surface area contributed by atoms with Crippen molar-refractivity contribution in [2.45, 2.75) is 67.7 Å². The number of aliphatic hydroxyl groups excluding tert-OH is 3. The van der Waals surface area contributed by atoms with Crippen LogP contribution in [-0.2, 0) is 21.4 Å². The van der Waals surface area contributed by atoms with Crippen molar-refractivity contribution >= 4 is 33.0 Å². The number of ether oxygens (including phenoxy) is 1. The molecular formula is C23H28N6O8S. The summed E-state index contributed by atoms with van der Waals surface area (Å²) >= 11 is 0. The summed E-state index contributed by atoms with van der Waals surface area (Å²) in [4.78, 5) is 25.7. The fraction of sp³-hybridized carbons (Fsp3) is 0.478.